The Kier molecular flexibility index (Phi) is 2.08. The molecule has 5 heteroatoms. The molecule has 1 aliphatic rings. The van der Waals surface area contributed by atoms with Gasteiger partial charge in [0.1, 0.15) is 0 Å². The summed E-state index contributed by atoms with van der Waals surface area (Å²) in [5, 5.41) is 0. The summed E-state index contributed by atoms with van der Waals surface area (Å²) < 4.78 is 25.8. The smallest absolute Gasteiger partial charge is 0.233 e. The van der Waals surface area contributed by atoms with E-state index in [4.69, 9.17) is 0 Å². The van der Waals surface area contributed by atoms with Gasteiger partial charge in [0.25, 0.3) is 0 Å². The van der Waals surface area contributed by atoms with Gasteiger partial charge in [0.2, 0.25) is 10.0 Å². The lowest BCUT2D eigenvalue weighted by molar-refractivity contribution is 0.599. The van der Waals surface area contributed by atoms with Crippen molar-refractivity contribution in [2.75, 3.05) is 10.5 Å². The summed E-state index contributed by atoms with van der Waals surface area (Å²) in [5.74, 6) is 0.177. The zero-order chi connectivity index (χ0) is 9.47. The van der Waals surface area contributed by atoms with Gasteiger partial charge in [-0.05, 0) is 30.2 Å². The van der Waals surface area contributed by atoms with E-state index in [-0.39, 0.29) is 5.75 Å². The average Bonchev–Trinajstić information content (AvgIpc) is 2.05. The molecule has 0 aromatic heterocycles. The molecule has 0 unspecified atom stereocenters. The second-order valence-electron chi connectivity index (χ2n) is 2.97. The Labute approximate surface area is 85.3 Å². The Hall–Kier alpha value is -0.550. The molecule has 0 aliphatic carbocycles. The molecule has 0 saturated heterocycles. The molecule has 0 spiro atoms. The molecule has 1 aromatic rings. The predicted octanol–water partition coefficient (Wildman–Crippen LogP) is 1.75. The fraction of sp³-hybridized carbons (Fsp3) is 0.250. The molecule has 0 fully saturated rings. The highest BCUT2D eigenvalue weighted by molar-refractivity contribution is 9.10. The number of rotatable bonds is 0. The number of hydrogen-bond acceptors (Lipinski definition) is 2. The number of nitrogens with one attached hydrogen (secondary N) is 1. The van der Waals surface area contributed by atoms with Gasteiger partial charge in [-0.25, -0.2) is 8.42 Å². The Balaban J connectivity index is 2.48. The molecule has 0 amide bonds. The predicted molar refractivity (Wildman–Crippen MR) is 55.3 cm³/mol. The van der Waals surface area contributed by atoms with Crippen molar-refractivity contribution in [3.8, 4) is 0 Å². The van der Waals surface area contributed by atoms with Crippen molar-refractivity contribution < 1.29 is 8.42 Å². The van der Waals surface area contributed by atoms with Crippen LogP contribution < -0.4 is 4.72 Å². The van der Waals surface area contributed by atoms with Crippen molar-refractivity contribution in [1.29, 1.82) is 0 Å². The summed E-state index contributed by atoms with van der Waals surface area (Å²) in [6.45, 7) is 0. The normalized spacial score (nSPS) is 18.8. The highest BCUT2D eigenvalue weighted by atomic mass is 79.9. The lowest BCUT2D eigenvalue weighted by Crippen LogP contribution is -2.23. The van der Waals surface area contributed by atoms with Crippen LogP contribution in [0.15, 0.2) is 22.7 Å². The van der Waals surface area contributed by atoms with E-state index in [1.807, 2.05) is 12.1 Å². The molecule has 0 radical (unpaired) electrons. The number of hydrogen-bond donors (Lipinski definition) is 1. The minimum Gasteiger partial charge on any atom is -0.283 e. The van der Waals surface area contributed by atoms with Gasteiger partial charge in [-0.1, -0.05) is 15.9 Å². The molecule has 0 bridgehead atoms. The highest BCUT2D eigenvalue weighted by Gasteiger charge is 2.19. The van der Waals surface area contributed by atoms with E-state index >= 15 is 0 Å². The molecule has 1 aromatic carbocycles. The fourth-order valence-electron chi connectivity index (χ4n) is 1.33. The monoisotopic (exact) mass is 261 g/mol. The largest absolute Gasteiger partial charge is 0.283 e. The molecular weight excluding hydrogens is 254 g/mol. The van der Waals surface area contributed by atoms with Gasteiger partial charge in [0, 0.05) is 4.47 Å². The standard InChI is InChI=1S/C8H8BrNO2S/c9-7-1-2-8-6(5-7)3-4-13(11,12)10-8/h1-2,5,10H,3-4H2. The van der Waals surface area contributed by atoms with E-state index in [9.17, 15) is 8.42 Å². The van der Waals surface area contributed by atoms with Crippen LogP contribution in [0.3, 0.4) is 0 Å². The maximum atomic E-state index is 11.2. The summed E-state index contributed by atoms with van der Waals surface area (Å²) in [7, 11) is -3.07. The molecule has 70 valence electrons. The minimum absolute atomic E-state index is 0.177. The van der Waals surface area contributed by atoms with Crippen LogP contribution in [0.5, 0.6) is 0 Å². The second-order valence-corrected chi connectivity index (χ2v) is 5.73. The summed E-state index contributed by atoms with van der Waals surface area (Å²) in [5.41, 5.74) is 1.75. The zero-order valence-corrected chi connectivity index (χ0v) is 9.15. The number of aryl methyl sites for hydroxylation is 1. The van der Waals surface area contributed by atoms with Gasteiger partial charge in [0.15, 0.2) is 0 Å². The molecule has 0 saturated carbocycles. The topological polar surface area (TPSA) is 46.2 Å². The number of anilines is 1. The van der Waals surface area contributed by atoms with Crippen molar-refractivity contribution in [2.24, 2.45) is 0 Å². The summed E-state index contributed by atoms with van der Waals surface area (Å²) >= 11 is 3.34. The van der Waals surface area contributed by atoms with Gasteiger partial charge in [0.05, 0.1) is 11.4 Å². The fourth-order valence-corrected chi connectivity index (χ4v) is 2.86. The molecule has 13 heavy (non-hydrogen) atoms. The molecule has 1 aliphatic heterocycles. The third kappa shape index (κ3) is 1.86. The van der Waals surface area contributed by atoms with Crippen molar-refractivity contribution in [1.82, 2.24) is 0 Å². The number of halogens is 1. The van der Waals surface area contributed by atoms with Crippen LogP contribution in [-0.4, -0.2) is 14.2 Å². The second kappa shape index (κ2) is 2.99. The third-order valence-electron chi connectivity index (χ3n) is 1.97. The van der Waals surface area contributed by atoms with Crippen molar-refractivity contribution in [3.05, 3.63) is 28.2 Å². The van der Waals surface area contributed by atoms with Crippen LogP contribution in [0.2, 0.25) is 0 Å². The molecule has 1 heterocycles. The summed E-state index contributed by atoms with van der Waals surface area (Å²) in [6.07, 6.45) is 0.587. The van der Waals surface area contributed by atoms with Gasteiger partial charge in [-0.15, -0.1) is 0 Å². The maximum absolute atomic E-state index is 11.2. The first-order chi connectivity index (χ1) is 6.07. The first kappa shape index (κ1) is 9.02. The minimum atomic E-state index is -3.07. The lowest BCUT2D eigenvalue weighted by atomic mass is 10.1. The van der Waals surface area contributed by atoms with Crippen LogP contribution in [0.4, 0.5) is 5.69 Å². The van der Waals surface area contributed by atoms with Gasteiger partial charge < -0.3 is 0 Å². The van der Waals surface area contributed by atoms with E-state index in [1.165, 1.54) is 0 Å². The Morgan fingerprint density at radius 3 is 2.92 bits per heavy atom. The van der Waals surface area contributed by atoms with Gasteiger partial charge in [-0.3, -0.25) is 4.72 Å². The van der Waals surface area contributed by atoms with Gasteiger partial charge in [-0.2, -0.15) is 0 Å². The first-order valence-electron chi connectivity index (χ1n) is 3.86. The van der Waals surface area contributed by atoms with Crippen molar-refractivity contribution in [3.63, 3.8) is 0 Å². The van der Waals surface area contributed by atoms with E-state index in [2.05, 4.69) is 20.7 Å². The summed E-state index contributed by atoms with van der Waals surface area (Å²) in [4.78, 5) is 0. The average molecular weight is 262 g/mol. The number of benzene rings is 1. The van der Waals surface area contributed by atoms with E-state index < -0.39 is 10.0 Å². The first-order valence-corrected chi connectivity index (χ1v) is 6.30. The summed E-state index contributed by atoms with van der Waals surface area (Å²) in [6, 6.07) is 5.54. The quantitative estimate of drug-likeness (QED) is 0.774. The van der Waals surface area contributed by atoms with E-state index in [1.54, 1.807) is 6.07 Å². The molecule has 1 N–H and O–H groups in total. The van der Waals surface area contributed by atoms with Crippen LogP contribution in [0.1, 0.15) is 5.56 Å². The van der Waals surface area contributed by atoms with Crippen LogP contribution in [0, 0.1) is 0 Å². The lowest BCUT2D eigenvalue weighted by Gasteiger charge is -2.17. The van der Waals surface area contributed by atoms with Gasteiger partial charge >= 0.3 is 0 Å². The Morgan fingerprint density at radius 2 is 2.15 bits per heavy atom. The van der Waals surface area contributed by atoms with Crippen LogP contribution in [0.25, 0.3) is 0 Å². The molecule has 3 nitrogen and oxygen atoms in total. The van der Waals surface area contributed by atoms with E-state index in [0.717, 1.165) is 10.0 Å². The Bertz CT molecular complexity index is 441. The van der Waals surface area contributed by atoms with E-state index in [0.29, 0.717) is 12.1 Å². The maximum Gasteiger partial charge on any atom is 0.233 e. The van der Waals surface area contributed by atoms with Crippen molar-refractivity contribution in [2.45, 2.75) is 6.42 Å². The third-order valence-corrected chi connectivity index (χ3v) is 3.74. The zero-order valence-electron chi connectivity index (χ0n) is 6.75. The Morgan fingerprint density at radius 1 is 1.38 bits per heavy atom. The number of sulfonamides is 1. The molecule has 0 atom stereocenters. The SMILES string of the molecule is O=S1(=O)CCc2cc(Br)ccc2N1. The highest BCUT2D eigenvalue weighted by Crippen LogP contribution is 2.26. The molecule has 2 rings (SSSR count). The molecular formula is C8H8BrNO2S. The van der Waals surface area contributed by atoms with Crippen molar-refractivity contribution >= 4 is 31.6 Å². The van der Waals surface area contributed by atoms with Crippen LogP contribution in [-0.2, 0) is 16.4 Å². The van der Waals surface area contributed by atoms with Crippen LogP contribution >= 0.6 is 15.9 Å². The number of fused-ring (bicyclic) bond motifs is 1.